The highest BCUT2D eigenvalue weighted by Gasteiger charge is 2.40. The van der Waals surface area contributed by atoms with Gasteiger partial charge in [0, 0.05) is 19.0 Å². The van der Waals surface area contributed by atoms with Gasteiger partial charge in [-0.15, -0.1) is 0 Å². The minimum Gasteiger partial charge on any atom is -0.480 e. The lowest BCUT2D eigenvalue weighted by atomic mass is 10.2. The van der Waals surface area contributed by atoms with Crippen LogP contribution in [0.2, 0.25) is 0 Å². The first-order chi connectivity index (χ1) is 9.28. The quantitative estimate of drug-likeness (QED) is 0.588. The number of sulfone groups is 1. The molecule has 2 amide bonds. The number of carbonyl (C=O) groups excluding carboxylic acids is 1. The molecule has 0 bridgehead atoms. The molecule has 114 valence electrons. The fourth-order valence-electron chi connectivity index (χ4n) is 2.67. The summed E-state index contributed by atoms with van der Waals surface area (Å²) in [5.74, 6) is -1.17. The minimum atomic E-state index is -3.14. The number of amides is 2. The van der Waals surface area contributed by atoms with E-state index >= 15 is 0 Å². The molecular weight excluding hydrogens is 288 g/mol. The predicted molar refractivity (Wildman–Crippen MR) is 69.0 cm³/mol. The standard InChI is InChI=1S/C11H18N2O6S/c14-8-4-9(10(15)16)13(5-8)11(17)12-7-2-1-3-20(18,19)6-7/h7-9,14H,1-6H2,(H,12,17)(H,15,16)/t7?,8?,9-/m0/s1. The molecule has 2 fully saturated rings. The van der Waals surface area contributed by atoms with E-state index < -0.39 is 40.0 Å². The number of likely N-dealkylation sites (tertiary alicyclic amines) is 1. The van der Waals surface area contributed by atoms with Crippen molar-refractivity contribution < 1.29 is 28.2 Å². The van der Waals surface area contributed by atoms with E-state index in [2.05, 4.69) is 5.32 Å². The van der Waals surface area contributed by atoms with Crippen LogP contribution in [0.3, 0.4) is 0 Å². The van der Waals surface area contributed by atoms with E-state index in [0.29, 0.717) is 12.8 Å². The van der Waals surface area contributed by atoms with Crippen LogP contribution in [0.25, 0.3) is 0 Å². The molecule has 0 aromatic rings. The van der Waals surface area contributed by atoms with Gasteiger partial charge in [-0.1, -0.05) is 0 Å². The second-order valence-corrected chi connectivity index (χ2v) is 7.53. The number of nitrogens with zero attached hydrogens (tertiary/aromatic N) is 1. The summed E-state index contributed by atoms with van der Waals surface area (Å²) in [5, 5.41) is 21.0. The molecule has 0 radical (unpaired) electrons. The van der Waals surface area contributed by atoms with Crippen LogP contribution in [0.1, 0.15) is 19.3 Å². The van der Waals surface area contributed by atoms with E-state index in [4.69, 9.17) is 5.11 Å². The summed E-state index contributed by atoms with van der Waals surface area (Å²) in [4.78, 5) is 24.1. The lowest BCUT2D eigenvalue weighted by Crippen LogP contribution is -2.51. The van der Waals surface area contributed by atoms with Crippen molar-refractivity contribution in [2.75, 3.05) is 18.1 Å². The first-order valence-corrected chi connectivity index (χ1v) is 8.29. The SMILES string of the molecule is O=C(O)[C@@H]1CC(O)CN1C(=O)NC1CCCS(=O)(=O)C1. The summed E-state index contributed by atoms with van der Waals surface area (Å²) in [6, 6.07) is -2.19. The highest BCUT2D eigenvalue weighted by Crippen LogP contribution is 2.19. The second-order valence-electron chi connectivity index (χ2n) is 5.30. The number of urea groups is 1. The average molecular weight is 306 g/mol. The molecule has 2 unspecified atom stereocenters. The first kappa shape index (κ1) is 15.0. The van der Waals surface area contributed by atoms with E-state index in [-0.39, 0.29) is 24.5 Å². The minimum absolute atomic E-state index is 0.00822. The molecule has 3 atom stereocenters. The Morgan fingerprint density at radius 1 is 1.30 bits per heavy atom. The third-order valence-corrected chi connectivity index (χ3v) is 5.44. The molecule has 0 saturated carbocycles. The number of aliphatic hydroxyl groups excluding tert-OH is 1. The van der Waals surface area contributed by atoms with E-state index in [1.165, 1.54) is 0 Å². The average Bonchev–Trinajstić information content (AvgIpc) is 2.70. The van der Waals surface area contributed by atoms with Gasteiger partial charge < -0.3 is 20.4 Å². The summed E-state index contributed by atoms with van der Waals surface area (Å²) in [6.07, 6.45) is 0.167. The lowest BCUT2D eigenvalue weighted by molar-refractivity contribution is -0.141. The van der Waals surface area contributed by atoms with E-state index in [0.717, 1.165) is 4.90 Å². The Balaban J connectivity index is 1.99. The van der Waals surface area contributed by atoms with Crippen molar-refractivity contribution in [2.45, 2.75) is 37.5 Å². The molecule has 0 spiro atoms. The van der Waals surface area contributed by atoms with E-state index in [1.807, 2.05) is 0 Å². The molecule has 8 nitrogen and oxygen atoms in total. The number of rotatable bonds is 2. The van der Waals surface area contributed by atoms with Gasteiger partial charge in [0.1, 0.15) is 6.04 Å². The third kappa shape index (κ3) is 3.40. The first-order valence-electron chi connectivity index (χ1n) is 6.47. The highest BCUT2D eigenvalue weighted by molar-refractivity contribution is 7.91. The Bertz CT molecular complexity index is 505. The van der Waals surface area contributed by atoms with Crippen molar-refractivity contribution in [3.63, 3.8) is 0 Å². The van der Waals surface area contributed by atoms with Gasteiger partial charge >= 0.3 is 12.0 Å². The van der Waals surface area contributed by atoms with Crippen LogP contribution in [0.15, 0.2) is 0 Å². The van der Waals surface area contributed by atoms with Crippen molar-refractivity contribution in [3.05, 3.63) is 0 Å². The van der Waals surface area contributed by atoms with E-state index in [9.17, 15) is 23.1 Å². The summed E-state index contributed by atoms with van der Waals surface area (Å²) >= 11 is 0. The topological polar surface area (TPSA) is 124 Å². The van der Waals surface area contributed by atoms with Crippen molar-refractivity contribution >= 4 is 21.8 Å². The number of hydrogen-bond donors (Lipinski definition) is 3. The smallest absolute Gasteiger partial charge is 0.326 e. The van der Waals surface area contributed by atoms with Gasteiger partial charge in [-0.05, 0) is 12.8 Å². The van der Waals surface area contributed by atoms with E-state index in [1.54, 1.807) is 0 Å². The van der Waals surface area contributed by atoms with Crippen LogP contribution in [0, 0.1) is 0 Å². The maximum Gasteiger partial charge on any atom is 0.326 e. The monoisotopic (exact) mass is 306 g/mol. The number of carbonyl (C=O) groups is 2. The van der Waals surface area contributed by atoms with Crippen LogP contribution in [0.4, 0.5) is 4.79 Å². The molecule has 0 aliphatic carbocycles. The van der Waals surface area contributed by atoms with Crippen molar-refractivity contribution in [1.82, 2.24) is 10.2 Å². The second kappa shape index (κ2) is 5.57. The molecule has 2 aliphatic rings. The fourth-order valence-corrected chi connectivity index (χ4v) is 4.30. The molecule has 2 rings (SSSR count). The zero-order chi connectivity index (χ0) is 14.9. The number of hydrogen-bond acceptors (Lipinski definition) is 5. The zero-order valence-corrected chi connectivity index (χ0v) is 11.7. The Labute approximate surface area is 116 Å². The van der Waals surface area contributed by atoms with Gasteiger partial charge in [0.05, 0.1) is 17.6 Å². The summed E-state index contributed by atoms with van der Waals surface area (Å²) < 4.78 is 23.0. The summed E-state index contributed by atoms with van der Waals surface area (Å²) in [6.45, 7) is -0.0533. The molecule has 3 N–H and O–H groups in total. The van der Waals surface area contributed by atoms with Crippen LogP contribution >= 0.6 is 0 Å². The van der Waals surface area contributed by atoms with Crippen molar-refractivity contribution in [1.29, 1.82) is 0 Å². The Kier molecular flexibility index (Phi) is 4.19. The van der Waals surface area contributed by atoms with Crippen LogP contribution < -0.4 is 5.32 Å². The van der Waals surface area contributed by atoms with Gasteiger partial charge in [0.25, 0.3) is 0 Å². The summed E-state index contributed by atoms with van der Waals surface area (Å²) in [5.41, 5.74) is 0. The number of nitrogens with one attached hydrogen (secondary N) is 1. The van der Waals surface area contributed by atoms with Crippen molar-refractivity contribution in [3.8, 4) is 0 Å². The Hall–Kier alpha value is -1.35. The maximum absolute atomic E-state index is 12.0. The molecule has 2 heterocycles. The number of β-amino-alcohol motifs (C(OH)–C–C–N with tert-alkyl or cyclic N) is 1. The molecule has 2 aliphatic heterocycles. The van der Waals surface area contributed by atoms with Crippen LogP contribution in [-0.2, 0) is 14.6 Å². The van der Waals surface area contributed by atoms with Gasteiger partial charge in [-0.2, -0.15) is 0 Å². The molecule has 2 saturated heterocycles. The molecule has 0 aromatic carbocycles. The molecule has 0 aromatic heterocycles. The zero-order valence-electron chi connectivity index (χ0n) is 10.9. The van der Waals surface area contributed by atoms with Gasteiger partial charge in [-0.3, -0.25) is 0 Å². The normalized spacial score (nSPS) is 32.9. The highest BCUT2D eigenvalue weighted by atomic mass is 32.2. The number of carboxylic acids is 1. The fraction of sp³-hybridized carbons (Fsp3) is 0.818. The molecule has 20 heavy (non-hydrogen) atoms. The third-order valence-electron chi connectivity index (χ3n) is 3.62. The number of carboxylic acid groups (broad SMARTS) is 1. The lowest BCUT2D eigenvalue weighted by Gasteiger charge is -2.27. The Morgan fingerprint density at radius 2 is 2.00 bits per heavy atom. The number of aliphatic hydroxyl groups is 1. The summed E-state index contributed by atoms with van der Waals surface area (Å²) in [7, 11) is -3.14. The molecular formula is C11H18N2O6S. The predicted octanol–water partition coefficient (Wildman–Crippen LogP) is -1.21. The maximum atomic E-state index is 12.0. The van der Waals surface area contributed by atoms with Gasteiger partial charge in [-0.25, -0.2) is 18.0 Å². The Morgan fingerprint density at radius 3 is 2.60 bits per heavy atom. The number of aliphatic carboxylic acids is 1. The van der Waals surface area contributed by atoms with Crippen LogP contribution in [-0.4, -0.2) is 71.8 Å². The van der Waals surface area contributed by atoms with Crippen LogP contribution in [0.5, 0.6) is 0 Å². The van der Waals surface area contributed by atoms with Crippen molar-refractivity contribution in [2.24, 2.45) is 0 Å². The van der Waals surface area contributed by atoms with Gasteiger partial charge in [0.2, 0.25) is 0 Å². The molecule has 9 heteroatoms. The largest absolute Gasteiger partial charge is 0.480 e. The van der Waals surface area contributed by atoms with Gasteiger partial charge in [0.15, 0.2) is 9.84 Å².